The highest BCUT2D eigenvalue weighted by atomic mass is 31.2. The van der Waals surface area contributed by atoms with Gasteiger partial charge in [0, 0.05) is 13.3 Å². The topological polar surface area (TPSA) is 126 Å². The molecule has 10 heteroatoms. The summed E-state index contributed by atoms with van der Waals surface area (Å²) >= 11 is 0. The first-order chi connectivity index (χ1) is 9.41. The van der Waals surface area contributed by atoms with E-state index in [1.165, 1.54) is 16.8 Å². The number of ether oxygens (including phenoxy) is 1. The molecule has 1 aliphatic heterocycles. The Balaban J connectivity index is 1.98. The zero-order valence-electron chi connectivity index (χ0n) is 10.6. The summed E-state index contributed by atoms with van der Waals surface area (Å²) in [4.78, 5) is 24.3. The third kappa shape index (κ3) is 3.53. The molecule has 3 unspecified atom stereocenters. The van der Waals surface area contributed by atoms with E-state index >= 15 is 0 Å². The molecule has 0 aromatic carbocycles. The number of hydrogen-bond acceptors (Lipinski definition) is 7. The number of rotatable bonds is 5. The summed E-state index contributed by atoms with van der Waals surface area (Å²) < 4.78 is 26.8. The van der Waals surface area contributed by atoms with Gasteiger partial charge in [-0.15, -0.1) is 0 Å². The highest BCUT2D eigenvalue weighted by Crippen LogP contribution is 2.42. The average Bonchev–Trinajstić information content (AvgIpc) is 2.85. The van der Waals surface area contributed by atoms with Crippen LogP contribution in [0.5, 0.6) is 0 Å². The lowest BCUT2D eigenvalue weighted by Crippen LogP contribution is -2.28. The van der Waals surface area contributed by atoms with E-state index < -0.39 is 25.8 Å². The quantitative estimate of drug-likeness (QED) is 0.577. The van der Waals surface area contributed by atoms with Crippen LogP contribution >= 0.6 is 7.82 Å². The molecule has 0 aliphatic carbocycles. The van der Waals surface area contributed by atoms with Crippen LogP contribution < -0.4 is 11.4 Å². The first kappa shape index (κ1) is 14.9. The Hall–Kier alpha value is -1.51. The molecule has 20 heavy (non-hydrogen) atoms. The van der Waals surface area contributed by atoms with E-state index in [9.17, 15) is 9.36 Å². The molecule has 1 aromatic heterocycles. The van der Waals surface area contributed by atoms with Crippen molar-refractivity contribution in [2.24, 2.45) is 0 Å². The van der Waals surface area contributed by atoms with Gasteiger partial charge >= 0.3 is 13.5 Å². The third-order valence-electron chi connectivity index (χ3n) is 2.56. The lowest BCUT2D eigenvalue weighted by atomic mass is 10.4. The number of aromatic nitrogens is 2. The molecular formula is C10H14N3O6P. The first-order valence-corrected chi connectivity index (χ1v) is 7.12. The van der Waals surface area contributed by atoms with Gasteiger partial charge in [0.25, 0.3) is 0 Å². The van der Waals surface area contributed by atoms with Crippen molar-refractivity contribution >= 4 is 13.6 Å². The highest BCUT2D eigenvalue weighted by Gasteiger charge is 2.26. The van der Waals surface area contributed by atoms with E-state index in [0.29, 0.717) is 0 Å². The van der Waals surface area contributed by atoms with Crippen LogP contribution in [0.2, 0.25) is 0 Å². The van der Waals surface area contributed by atoms with Crippen molar-refractivity contribution in [1.29, 1.82) is 0 Å². The summed E-state index contributed by atoms with van der Waals surface area (Å²) in [6, 6.07) is 1.47. The Morgan fingerprint density at radius 3 is 3.00 bits per heavy atom. The second-order valence-electron chi connectivity index (χ2n) is 3.94. The van der Waals surface area contributed by atoms with Crippen LogP contribution in [-0.2, 0) is 18.3 Å². The van der Waals surface area contributed by atoms with Gasteiger partial charge in [0.15, 0.2) is 6.23 Å². The summed E-state index contributed by atoms with van der Waals surface area (Å²) in [5.74, 6) is 0.120. The van der Waals surface area contributed by atoms with Gasteiger partial charge in [0.05, 0.1) is 6.61 Å². The van der Waals surface area contributed by atoms with E-state index in [4.69, 9.17) is 15.4 Å². The normalized spacial score (nSPS) is 24.7. The zero-order chi connectivity index (χ0) is 14.8. The van der Waals surface area contributed by atoms with Gasteiger partial charge in [0.2, 0.25) is 0 Å². The number of phosphoric acid groups is 1. The number of nitrogens with two attached hydrogens (primary N) is 1. The largest absolute Gasteiger partial charge is 0.472 e. The van der Waals surface area contributed by atoms with Crippen LogP contribution in [0.25, 0.3) is 0 Å². The molecule has 9 nitrogen and oxygen atoms in total. The van der Waals surface area contributed by atoms with Crippen molar-refractivity contribution in [3.63, 3.8) is 0 Å². The van der Waals surface area contributed by atoms with E-state index in [-0.39, 0.29) is 12.4 Å². The maximum Gasteiger partial charge on any atom is 0.472 e. The van der Waals surface area contributed by atoms with Gasteiger partial charge in [-0.2, -0.15) is 4.98 Å². The fraction of sp³-hybridized carbons (Fsp3) is 0.400. The summed E-state index contributed by atoms with van der Waals surface area (Å²) in [7, 11) is -2.98. The molecule has 3 atom stereocenters. The zero-order valence-corrected chi connectivity index (χ0v) is 11.5. The van der Waals surface area contributed by atoms with Gasteiger partial charge < -0.3 is 15.4 Å². The fourth-order valence-electron chi connectivity index (χ4n) is 1.58. The predicted molar refractivity (Wildman–Crippen MR) is 68.7 cm³/mol. The molecule has 0 saturated carbocycles. The van der Waals surface area contributed by atoms with Gasteiger partial charge in [-0.25, -0.2) is 9.36 Å². The SMILES string of the molecule is COP(=O)(O)OCC1C=CC(n2ccc(N)nc2=O)O1. The Labute approximate surface area is 114 Å². The molecule has 0 fully saturated rings. The van der Waals surface area contributed by atoms with E-state index in [0.717, 1.165) is 7.11 Å². The van der Waals surface area contributed by atoms with E-state index in [1.807, 2.05) is 0 Å². The summed E-state index contributed by atoms with van der Waals surface area (Å²) in [6.45, 7) is -0.175. The highest BCUT2D eigenvalue weighted by molar-refractivity contribution is 7.47. The van der Waals surface area contributed by atoms with Gasteiger partial charge in [0.1, 0.15) is 11.9 Å². The van der Waals surface area contributed by atoms with Crippen molar-refractivity contribution in [3.05, 3.63) is 34.9 Å². The molecule has 0 radical (unpaired) electrons. The second-order valence-corrected chi connectivity index (χ2v) is 5.50. The Kier molecular flexibility index (Phi) is 4.36. The number of anilines is 1. The van der Waals surface area contributed by atoms with Crippen LogP contribution in [0, 0.1) is 0 Å². The summed E-state index contributed by atoms with van der Waals surface area (Å²) in [5, 5.41) is 0. The molecule has 0 amide bonds. The average molecular weight is 303 g/mol. The van der Waals surface area contributed by atoms with Crippen molar-refractivity contribution in [3.8, 4) is 0 Å². The molecular weight excluding hydrogens is 289 g/mol. The Morgan fingerprint density at radius 1 is 1.60 bits per heavy atom. The van der Waals surface area contributed by atoms with Gasteiger partial charge in [-0.3, -0.25) is 13.6 Å². The van der Waals surface area contributed by atoms with Crippen LogP contribution in [0.1, 0.15) is 6.23 Å². The minimum atomic E-state index is -4.04. The van der Waals surface area contributed by atoms with Crippen molar-refractivity contribution in [2.45, 2.75) is 12.3 Å². The molecule has 0 saturated heterocycles. The molecule has 0 spiro atoms. The molecule has 1 aromatic rings. The van der Waals surface area contributed by atoms with Crippen molar-refractivity contribution < 1.29 is 23.2 Å². The van der Waals surface area contributed by atoms with Gasteiger partial charge in [-0.05, 0) is 12.1 Å². The number of phosphoric ester groups is 1. The van der Waals surface area contributed by atoms with Gasteiger partial charge in [-0.1, -0.05) is 6.08 Å². The van der Waals surface area contributed by atoms with Crippen LogP contribution in [0.15, 0.2) is 29.2 Å². The molecule has 110 valence electrons. The second kappa shape index (κ2) is 5.86. The van der Waals surface area contributed by atoms with E-state index in [2.05, 4.69) is 14.0 Å². The van der Waals surface area contributed by atoms with Crippen molar-refractivity contribution in [2.75, 3.05) is 19.5 Å². The number of nitrogens with zero attached hydrogens (tertiary/aromatic N) is 2. The molecule has 3 N–H and O–H groups in total. The number of nitrogen functional groups attached to an aromatic ring is 1. The molecule has 0 bridgehead atoms. The minimum Gasteiger partial charge on any atom is -0.383 e. The Bertz CT molecular complexity index is 615. The smallest absolute Gasteiger partial charge is 0.383 e. The van der Waals surface area contributed by atoms with Crippen LogP contribution in [0.3, 0.4) is 0 Å². The lowest BCUT2D eigenvalue weighted by Gasteiger charge is -2.16. The Morgan fingerprint density at radius 2 is 2.35 bits per heavy atom. The summed E-state index contributed by atoms with van der Waals surface area (Å²) in [6.07, 6.45) is 3.45. The predicted octanol–water partition coefficient (Wildman–Crippen LogP) is 0.0425. The minimum absolute atomic E-state index is 0.120. The third-order valence-corrected chi connectivity index (χ3v) is 3.50. The lowest BCUT2D eigenvalue weighted by molar-refractivity contribution is -0.0112. The molecule has 2 rings (SSSR count). The molecule has 1 aliphatic rings. The van der Waals surface area contributed by atoms with Crippen LogP contribution in [0.4, 0.5) is 5.82 Å². The first-order valence-electron chi connectivity index (χ1n) is 5.63. The molecule has 2 heterocycles. The standard InChI is InChI=1S/C10H14N3O6P/c1-17-20(15,16)18-6-7-2-3-9(19-7)13-5-4-8(11)12-10(13)14/h2-5,7,9H,6H2,1H3,(H,15,16)(H2,11,12,14). The fourth-order valence-corrected chi connectivity index (χ4v) is 2.02. The maximum atomic E-state index is 11.6. The van der Waals surface area contributed by atoms with Crippen LogP contribution in [-0.4, -0.2) is 34.3 Å². The maximum absolute atomic E-state index is 11.6. The monoisotopic (exact) mass is 303 g/mol. The van der Waals surface area contributed by atoms with E-state index in [1.54, 1.807) is 12.2 Å². The summed E-state index contributed by atoms with van der Waals surface area (Å²) in [5.41, 5.74) is 4.84. The number of hydrogen-bond donors (Lipinski definition) is 2. The van der Waals surface area contributed by atoms with Crippen molar-refractivity contribution in [1.82, 2.24) is 9.55 Å².